The minimum absolute atomic E-state index is 0.00602. The summed E-state index contributed by atoms with van der Waals surface area (Å²) in [5.74, 6) is -1.09. The summed E-state index contributed by atoms with van der Waals surface area (Å²) in [6, 6.07) is 1.26. The van der Waals surface area contributed by atoms with Gasteiger partial charge in [-0.25, -0.2) is 9.59 Å². The van der Waals surface area contributed by atoms with E-state index in [2.05, 4.69) is 22.5 Å². The van der Waals surface area contributed by atoms with Gasteiger partial charge in [0.2, 0.25) is 0 Å². The van der Waals surface area contributed by atoms with Gasteiger partial charge in [0, 0.05) is 12.2 Å². The van der Waals surface area contributed by atoms with Gasteiger partial charge in [-0.1, -0.05) is 13.3 Å². The van der Waals surface area contributed by atoms with E-state index >= 15 is 0 Å². The van der Waals surface area contributed by atoms with Crippen LogP contribution in [0.15, 0.2) is 6.07 Å². The second-order valence-electron chi connectivity index (χ2n) is 5.56. The monoisotopic (exact) mass is 279 g/mol. The van der Waals surface area contributed by atoms with Gasteiger partial charge in [0.05, 0.1) is 5.69 Å². The number of H-pyrrole nitrogens is 1. The number of carboxylic acid groups (broad SMARTS) is 1. The van der Waals surface area contributed by atoms with Crippen LogP contribution in [0.25, 0.3) is 0 Å². The van der Waals surface area contributed by atoms with Crippen LogP contribution in [0, 0.1) is 12.3 Å². The molecule has 0 unspecified atom stereocenters. The lowest BCUT2D eigenvalue weighted by Crippen LogP contribution is -2.43. The molecule has 1 aromatic rings. The molecular weight excluding hydrogens is 258 g/mol. The van der Waals surface area contributed by atoms with Gasteiger partial charge in [-0.05, 0) is 37.7 Å². The van der Waals surface area contributed by atoms with Crippen molar-refractivity contribution in [3.63, 3.8) is 0 Å². The highest BCUT2D eigenvalue weighted by Gasteiger charge is 2.35. The molecule has 4 N–H and O–H groups in total. The Morgan fingerprint density at radius 3 is 2.65 bits per heavy atom. The number of hydrogen-bond donors (Lipinski definition) is 4. The normalized spacial score (nSPS) is 16.3. The number of nitrogens with one attached hydrogen (secondary N) is 3. The molecule has 1 saturated carbocycles. The third-order valence-electron chi connectivity index (χ3n) is 4.20. The number of carboxylic acids is 1. The van der Waals surface area contributed by atoms with E-state index in [0.717, 1.165) is 19.3 Å². The Balaban J connectivity index is 1.93. The van der Waals surface area contributed by atoms with Gasteiger partial charge < -0.3 is 20.7 Å². The van der Waals surface area contributed by atoms with Crippen molar-refractivity contribution in [2.75, 3.05) is 11.9 Å². The molecule has 6 nitrogen and oxygen atoms in total. The first-order chi connectivity index (χ1) is 9.46. The molecule has 1 aliphatic carbocycles. The molecule has 1 fully saturated rings. The lowest BCUT2D eigenvalue weighted by atomic mass is 9.67. The molecule has 0 saturated heterocycles. The number of anilines is 1. The summed E-state index contributed by atoms with van der Waals surface area (Å²) in [5.41, 5.74) is 1.24. The van der Waals surface area contributed by atoms with Crippen molar-refractivity contribution in [1.82, 2.24) is 10.3 Å². The summed E-state index contributed by atoms with van der Waals surface area (Å²) in [7, 11) is 0. The van der Waals surface area contributed by atoms with Crippen LogP contribution in [0.2, 0.25) is 0 Å². The van der Waals surface area contributed by atoms with Crippen molar-refractivity contribution >= 4 is 17.7 Å². The Kier molecular flexibility index (Phi) is 4.01. The van der Waals surface area contributed by atoms with Gasteiger partial charge >= 0.3 is 12.0 Å². The molecule has 0 bridgehead atoms. The highest BCUT2D eigenvalue weighted by Crippen LogP contribution is 2.43. The molecule has 0 spiro atoms. The first-order valence-corrected chi connectivity index (χ1v) is 6.93. The Bertz CT molecular complexity index is 512. The standard InChI is InChI=1S/C14H21N3O3/c1-3-14(5-4-6-14)8-15-13(20)17-10-7-9(2)16-11(10)12(18)19/h7,16H,3-6,8H2,1-2H3,(H,18,19)(H2,15,17,20). The summed E-state index contributed by atoms with van der Waals surface area (Å²) in [6.45, 7) is 4.52. The fourth-order valence-electron chi connectivity index (χ4n) is 2.62. The van der Waals surface area contributed by atoms with Crippen molar-refractivity contribution in [3.8, 4) is 0 Å². The number of amides is 2. The number of aromatic nitrogens is 1. The van der Waals surface area contributed by atoms with Crippen LogP contribution in [0.3, 0.4) is 0 Å². The van der Waals surface area contributed by atoms with Crippen LogP contribution in [-0.4, -0.2) is 28.6 Å². The molecule has 2 amide bonds. The predicted molar refractivity (Wildman–Crippen MR) is 76.1 cm³/mol. The average molecular weight is 279 g/mol. The summed E-state index contributed by atoms with van der Waals surface area (Å²) in [4.78, 5) is 25.6. The Morgan fingerprint density at radius 2 is 2.15 bits per heavy atom. The molecule has 2 rings (SSSR count). The Labute approximate surface area is 118 Å². The fraction of sp³-hybridized carbons (Fsp3) is 0.571. The number of carbonyl (C=O) groups is 2. The molecule has 0 aliphatic heterocycles. The van der Waals surface area contributed by atoms with Gasteiger partial charge in [-0.2, -0.15) is 0 Å². The highest BCUT2D eigenvalue weighted by molar-refractivity contribution is 5.99. The van der Waals surface area contributed by atoms with E-state index in [4.69, 9.17) is 5.11 Å². The number of aryl methyl sites for hydroxylation is 1. The number of hydrogen-bond acceptors (Lipinski definition) is 2. The van der Waals surface area contributed by atoms with E-state index in [1.54, 1.807) is 13.0 Å². The zero-order valence-electron chi connectivity index (χ0n) is 11.9. The third-order valence-corrected chi connectivity index (χ3v) is 4.20. The molecule has 20 heavy (non-hydrogen) atoms. The summed E-state index contributed by atoms with van der Waals surface area (Å²) in [6.07, 6.45) is 4.56. The third kappa shape index (κ3) is 2.95. The van der Waals surface area contributed by atoms with Crippen LogP contribution in [-0.2, 0) is 0 Å². The molecule has 1 aliphatic rings. The van der Waals surface area contributed by atoms with E-state index in [1.807, 2.05) is 0 Å². The molecule has 1 aromatic heterocycles. The number of aromatic amines is 1. The Hall–Kier alpha value is -1.98. The van der Waals surface area contributed by atoms with Crippen molar-refractivity contribution in [3.05, 3.63) is 17.5 Å². The minimum atomic E-state index is -1.09. The van der Waals surface area contributed by atoms with Gasteiger partial charge in [0.15, 0.2) is 0 Å². The lowest BCUT2D eigenvalue weighted by Gasteiger charge is -2.41. The highest BCUT2D eigenvalue weighted by atomic mass is 16.4. The second kappa shape index (κ2) is 5.56. The van der Waals surface area contributed by atoms with Crippen LogP contribution in [0.5, 0.6) is 0 Å². The molecule has 6 heteroatoms. The van der Waals surface area contributed by atoms with Gasteiger partial charge in [0.25, 0.3) is 0 Å². The van der Waals surface area contributed by atoms with E-state index in [-0.39, 0.29) is 17.1 Å². The smallest absolute Gasteiger partial charge is 0.354 e. The van der Waals surface area contributed by atoms with Gasteiger partial charge in [0.1, 0.15) is 5.69 Å². The molecule has 1 heterocycles. The van der Waals surface area contributed by atoms with Crippen LogP contribution in [0.1, 0.15) is 48.8 Å². The minimum Gasteiger partial charge on any atom is -0.477 e. The molecule has 110 valence electrons. The predicted octanol–water partition coefficient (Wildman–Crippen LogP) is 2.72. The largest absolute Gasteiger partial charge is 0.477 e. The quantitative estimate of drug-likeness (QED) is 0.667. The van der Waals surface area contributed by atoms with Crippen molar-refractivity contribution in [2.24, 2.45) is 5.41 Å². The average Bonchev–Trinajstić information content (AvgIpc) is 2.69. The summed E-state index contributed by atoms with van der Waals surface area (Å²) < 4.78 is 0. The van der Waals surface area contributed by atoms with Crippen molar-refractivity contribution in [2.45, 2.75) is 39.5 Å². The number of carbonyl (C=O) groups excluding carboxylic acids is 1. The van der Waals surface area contributed by atoms with E-state index in [0.29, 0.717) is 17.9 Å². The number of aromatic carboxylic acids is 1. The van der Waals surface area contributed by atoms with Crippen LogP contribution < -0.4 is 10.6 Å². The SMILES string of the molecule is CCC1(CNC(=O)Nc2cc(C)[nH]c2C(=O)O)CCC1. The molecular formula is C14H21N3O3. The van der Waals surface area contributed by atoms with E-state index < -0.39 is 5.97 Å². The lowest BCUT2D eigenvalue weighted by molar-refractivity contribution is 0.0692. The Morgan fingerprint density at radius 1 is 1.45 bits per heavy atom. The van der Waals surface area contributed by atoms with Gasteiger partial charge in [-0.3, -0.25) is 0 Å². The second-order valence-corrected chi connectivity index (χ2v) is 5.56. The van der Waals surface area contributed by atoms with Crippen LogP contribution in [0.4, 0.5) is 10.5 Å². The van der Waals surface area contributed by atoms with Gasteiger partial charge in [-0.15, -0.1) is 0 Å². The van der Waals surface area contributed by atoms with Crippen LogP contribution >= 0.6 is 0 Å². The maximum absolute atomic E-state index is 11.9. The maximum Gasteiger partial charge on any atom is 0.354 e. The van der Waals surface area contributed by atoms with Crippen molar-refractivity contribution in [1.29, 1.82) is 0 Å². The van der Waals surface area contributed by atoms with E-state index in [1.165, 1.54) is 6.42 Å². The van der Waals surface area contributed by atoms with E-state index in [9.17, 15) is 9.59 Å². The first kappa shape index (κ1) is 14.4. The van der Waals surface area contributed by atoms with Crippen molar-refractivity contribution < 1.29 is 14.7 Å². The topological polar surface area (TPSA) is 94.2 Å². The molecule has 0 aromatic carbocycles. The molecule has 0 radical (unpaired) electrons. The zero-order chi connectivity index (χ0) is 14.8. The molecule has 0 atom stereocenters. The number of rotatable bonds is 5. The fourth-order valence-corrected chi connectivity index (χ4v) is 2.62. The first-order valence-electron chi connectivity index (χ1n) is 6.93. The zero-order valence-corrected chi connectivity index (χ0v) is 11.9. The summed E-state index contributed by atoms with van der Waals surface area (Å²) >= 11 is 0. The number of urea groups is 1. The maximum atomic E-state index is 11.9. The summed E-state index contributed by atoms with van der Waals surface area (Å²) in [5, 5.41) is 14.5.